The lowest BCUT2D eigenvalue weighted by Crippen LogP contribution is -2.44. The zero-order valence-corrected chi connectivity index (χ0v) is 9.39. The molecule has 0 saturated carbocycles. The van der Waals surface area contributed by atoms with Crippen LogP contribution in [0, 0.1) is 0 Å². The van der Waals surface area contributed by atoms with Gasteiger partial charge in [-0.3, -0.25) is 9.36 Å². The highest BCUT2D eigenvalue weighted by atomic mass is 16.7. The van der Waals surface area contributed by atoms with Gasteiger partial charge in [-0.15, -0.1) is 0 Å². The average Bonchev–Trinajstić information content (AvgIpc) is 2.81. The molecule has 4 atom stereocenters. The lowest BCUT2D eigenvalue weighted by atomic mass is 10.0. The van der Waals surface area contributed by atoms with E-state index < -0.39 is 29.6 Å². The Bertz CT molecular complexity index is 529. The third-order valence-corrected chi connectivity index (χ3v) is 3.48. The minimum absolute atomic E-state index is 0.0959. The van der Waals surface area contributed by atoms with Gasteiger partial charge in [0.2, 0.25) is 0 Å². The van der Waals surface area contributed by atoms with Crippen molar-refractivity contribution < 1.29 is 24.8 Å². The predicted molar refractivity (Wildman–Crippen MR) is 58.1 cm³/mol. The zero-order valence-electron chi connectivity index (χ0n) is 9.39. The van der Waals surface area contributed by atoms with Crippen molar-refractivity contribution in [3.8, 4) is 5.75 Å². The summed E-state index contributed by atoms with van der Waals surface area (Å²) in [6, 6.07) is 2.39. The van der Waals surface area contributed by atoms with E-state index in [0.717, 1.165) is 6.07 Å². The average molecular weight is 255 g/mol. The summed E-state index contributed by atoms with van der Waals surface area (Å²) in [5.41, 5.74) is -1.62. The van der Waals surface area contributed by atoms with E-state index in [9.17, 15) is 20.1 Å². The molecule has 1 aromatic heterocycles. The molecular formula is C11H13NO6. The van der Waals surface area contributed by atoms with Crippen LogP contribution in [0.25, 0.3) is 0 Å². The first-order valence-corrected chi connectivity index (χ1v) is 5.57. The molecule has 0 spiro atoms. The summed E-state index contributed by atoms with van der Waals surface area (Å²) in [4.78, 5) is 11.7. The number of aliphatic hydroxyl groups excluding tert-OH is 2. The highest BCUT2D eigenvalue weighted by Gasteiger charge is 2.61. The summed E-state index contributed by atoms with van der Waals surface area (Å²) in [5.74, 6) is -0.141. The molecule has 0 aliphatic carbocycles. The number of aliphatic hydroxyl groups is 2. The maximum Gasteiger partial charge on any atom is 0.256 e. The van der Waals surface area contributed by atoms with Gasteiger partial charge in [-0.1, -0.05) is 0 Å². The fraction of sp³-hybridized carbons (Fsp3) is 0.545. The topological polar surface area (TPSA) is 101 Å². The molecule has 2 aliphatic rings. The SMILES string of the molecule is O=c1cc(O)ccn1[C@@H]1O[C@@]2(CO)CO[C@H]1C2O. The highest BCUT2D eigenvalue weighted by molar-refractivity contribution is 5.17. The molecule has 1 aromatic rings. The smallest absolute Gasteiger partial charge is 0.256 e. The summed E-state index contributed by atoms with van der Waals surface area (Å²) in [6.45, 7) is -0.285. The van der Waals surface area contributed by atoms with Crippen LogP contribution < -0.4 is 5.56 Å². The van der Waals surface area contributed by atoms with Crippen LogP contribution in [0.1, 0.15) is 6.23 Å². The van der Waals surface area contributed by atoms with Crippen LogP contribution in [0.4, 0.5) is 0 Å². The number of rotatable bonds is 2. The van der Waals surface area contributed by atoms with Gasteiger partial charge in [0.15, 0.2) is 6.23 Å². The Morgan fingerprint density at radius 2 is 2.33 bits per heavy atom. The first-order valence-electron chi connectivity index (χ1n) is 5.57. The van der Waals surface area contributed by atoms with Crippen LogP contribution in [-0.4, -0.2) is 50.9 Å². The highest BCUT2D eigenvalue weighted by Crippen LogP contribution is 2.44. The summed E-state index contributed by atoms with van der Waals surface area (Å²) in [6.07, 6.45) is -1.11. The Hall–Kier alpha value is -1.41. The first-order chi connectivity index (χ1) is 8.57. The number of aromatic nitrogens is 1. The first kappa shape index (κ1) is 11.7. The largest absolute Gasteiger partial charge is 0.508 e. The number of ether oxygens (including phenoxy) is 2. The van der Waals surface area contributed by atoms with Gasteiger partial charge in [-0.05, 0) is 6.07 Å². The molecule has 2 bridgehead atoms. The summed E-state index contributed by atoms with van der Waals surface area (Å²) in [7, 11) is 0. The maximum atomic E-state index is 11.7. The minimum Gasteiger partial charge on any atom is -0.508 e. The van der Waals surface area contributed by atoms with Crippen LogP contribution >= 0.6 is 0 Å². The van der Waals surface area contributed by atoms with Gasteiger partial charge < -0.3 is 24.8 Å². The molecule has 0 radical (unpaired) electrons. The van der Waals surface area contributed by atoms with Crippen LogP contribution in [0.5, 0.6) is 5.75 Å². The second-order valence-corrected chi connectivity index (χ2v) is 4.58. The Morgan fingerprint density at radius 3 is 2.94 bits per heavy atom. The van der Waals surface area contributed by atoms with Crippen molar-refractivity contribution in [1.82, 2.24) is 4.57 Å². The molecule has 2 fully saturated rings. The van der Waals surface area contributed by atoms with Gasteiger partial charge in [0.25, 0.3) is 5.56 Å². The van der Waals surface area contributed by atoms with Gasteiger partial charge >= 0.3 is 0 Å². The van der Waals surface area contributed by atoms with Crippen molar-refractivity contribution in [1.29, 1.82) is 0 Å². The van der Waals surface area contributed by atoms with Crippen LogP contribution in [0.15, 0.2) is 23.1 Å². The lowest BCUT2D eigenvalue weighted by molar-refractivity contribution is -0.187. The van der Waals surface area contributed by atoms with Crippen molar-refractivity contribution in [3.63, 3.8) is 0 Å². The van der Waals surface area contributed by atoms with Crippen LogP contribution in [0.2, 0.25) is 0 Å². The van der Waals surface area contributed by atoms with E-state index in [-0.39, 0.29) is 19.0 Å². The van der Waals surface area contributed by atoms with Crippen molar-refractivity contribution in [3.05, 3.63) is 28.7 Å². The molecule has 2 saturated heterocycles. The number of fused-ring (bicyclic) bond motifs is 2. The van der Waals surface area contributed by atoms with Crippen molar-refractivity contribution >= 4 is 0 Å². The van der Waals surface area contributed by atoms with Gasteiger partial charge in [0, 0.05) is 12.3 Å². The number of hydrogen-bond acceptors (Lipinski definition) is 6. The van der Waals surface area contributed by atoms with Crippen LogP contribution in [-0.2, 0) is 9.47 Å². The fourth-order valence-corrected chi connectivity index (χ4v) is 2.44. The molecule has 7 heteroatoms. The lowest BCUT2D eigenvalue weighted by Gasteiger charge is -2.29. The van der Waals surface area contributed by atoms with E-state index in [0.29, 0.717) is 0 Å². The minimum atomic E-state index is -1.16. The Balaban J connectivity index is 1.98. The van der Waals surface area contributed by atoms with Gasteiger partial charge in [0.1, 0.15) is 23.6 Å². The summed E-state index contributed by atoms with van der Waals surface area (Å²) < 4.78 is 12.2. The number of hydrogen-bond donors (Lipinski definition) is 3. The van der Waals surface area contributed by atoms with E-state index in [2.05, 4.69) is 0 Å². The van der Waals surface area contributed by atoms with Crippen molar-refractivity contribution in [2.75, 3.05) is 13.2 Å². The van der Waals surface area contributed by atoms with E-state index >= 15 is 0 Å². The van der Waals surface area contributed by atoms with Crippen molar-refractivity contribution in [2.24, 2.45) is 0 Å². The molecule has 3 rings (SSSR count). The van der Waals surface area contributed by atoms with Gasteiger partial charge in [0.05, 0.1) is 13.2 Å². The Labute approximate surface area is 102 Å². The van der Waals surface area contributed by atoms with E-state index in [1.165, 1.54) is 16.8 Å². The predicted octanol–water partition coefficient (Wildman–Crippen LogP) is -1.43. The van der Waals surface area contributed by atoms with E-state index in [4.69, 9.17) is 9.47 Å². The molecule has 18 heavy (non-hydrogen) atoms. The number of pyridine rings is 1. The molecule has 3 N–H and O–H groups in total. The van der Waals surface area contributed by atoms with E-state index in [1.54, 1.807) is 0 Å². The summed E-state index contributed by atoms with van der Waals surface area (Å²) >= 11 is 0. The molecule has 7 nitrogen and oxygen atoms in total. The third-order valence-electron chi connectivity index (χ3n) is 3.48. The zero-order chi connectivity index (χ0) is 12.9. The standard InChI is InChI=1S/C11H13NO6/c13-4-11-5-17-8(9(11)16)10(18-11)12-2-1-6(14)3-7(12)15/h1-3,8-10,13-14,16H,4-5H2/t8-,9?,10+,11-/m0/s1. The molecule has 3 heterocycles. The van der Waals surface area contributed by atoms with E-state index in [1.807, 2.05) is 0 Å². The number of nitrogens with zero attached hydrogens (tertiary/aromatic N) is 1. The van der Waals surface area contributed by atoms with Gasteiger partial charge in [-0.2, -0.15) is 0 Å². The quantitative estimate of drug-likeness (QED) is 0.599. The fourth-order valence-electron chi connectivity index (χ4n) is 2.44. The second kappa shape index (κ2) is 3.79. The molecule has 0 aromatic carbocycles. The monoisotopic (exact) mass is 255 g/mol. The molecule has 1 unspecified atom stereocenters. The molecule has 2 aliphatic heterocycles. The Kier molecular flexibility index (Phi) is 2.46. The summed E-state index contributed by atoms with van der Waals surface area (Å²) in [5, 5.41) is 28.5. The number of aromatic hydroxyl groups is 1. The normalized spacial score (nSPS) is 38.2. The molecular weight excluding hydrogens is 242 g/mol. The van der Waals surface area contributed by atoms with Gasteiger partial charge in [-0.25, -0.2) is 0 Å². The molecule has 0 amide bonds. The third kappa shape index (κ3) is 1.42. The van der Waals surface area contributed by atoms with Crippen LogP contribution in [0.3, 0.4) is 0 Å². The van der Waals surface area contributed by atoms with Crippen molar-refractivity contribution in [2.45, 2.75) is 24.0 Å². The maximum absolute atomic E-state index is 11.7. The molecule has 98 valence electrons. The second-order valence-electron chi connectivity index (χ2n) is 4.58. The Morgan fingerprint density at radius 1 is 1.56 bits per heavy atom.